The molecule has 1 aliphatic heterocycles. The van der Waals surface area contributed by atoms with Gasteiger partial charge in [0.15, 0.2) is 0 Å². The van der Waals surface area contributed by atoms with E-state index in [1.54, 1.807) is 0 Å². The average molecular weight is 482 g/mol. The van der Waals surface area contributed by atoms with Gasteiger partial charge in [-0.2, -0.15) is 0 Å². The Hall–Kier alpha value is -3.60. The molecule has 1 saturated carbocycles. The molecule has 2 N–H and O–H groups in total. The molecule has 3 aromatic carbocycles. The number of carbonyl (C=O) groups excluding carboxylic acids is 2. The summed E-state index contributed by atoms with van der Waals surface area (Å²) < 4.78 is 0. The highest BCUT2D eigenvalue weighted by Crippen LogP contribution is 2.30. The molecule has 0 saturated heterocycles. The number of amides is 2. The monoisotopic (exact) mass is 481 g/mol. The van der Waals surface area contributed by atoms with Gasteiger partial charge in [-0.05, 0) is 72.7 Å². The van der Waals surface area contributed by atoms with E-state index < -0.39 is 0 Å². The molecular formula is C31H35N3O2. The SMILES string of the molecule is CCc1ccc(C(=O)Nc2ccc(N3CCc4ccccc4C3)c(C(=O)NC3CCCCC3)c2)cc1. The van der Waals surface area contributed by atoms with E-state index in [9.17, 15) is 9.59 Å². The van der Waals surface area contributed by atoms with Crippen molar-refractivity contribution in [3.8, 4) is 0 Å². The molecule has 5 heteroatoms. The fraction of sp³-hybridized carbons (Fsp3) is 0.355. The van der Waals surface area contributed by atoms with Gasteiger partial charge in [0.2, 0.25) is 0 Å². The summed E-state index contributed by atoms with van der Waals surface area (Å²) in [7, 11) is 0. The second-order valence-electron chi connectivity index (χ2n) is 9.99. The van der Waals surface area contributed by atoms with Crippen LogP contribution in [0.25, 0.3) is 0 Å². The minimum Gasteiger partial charge on any atom is -0.366 e. The van der Waals surface area contributed by atoms with E-state index in [1.165, 1.54) is 23.1 Å². The maximum Gasteiger partial charge on any atom is 0.255 e. The largest absolute Gasteiger partial charge is 0.366 e. The van der Waals surface area contributed by atoms with E-state index in [4.69, 9.17) is 0 Å². The highest BCUT2D eigenvalue weighted by atomic mass is 16.2. The Morgan fingerprint density at radius 2 is 1.64 bits per heavy atom. The lowest BCUT2D eigenvalue weighted by atomic mass is 9.95. The lowest BCUT2D eigenvalue weighted by molar-refractivity contribution is 0.0927. The van der Waals surface area contributed by atoms with Crippen LogP contribution >= 0.6 is 0 Å². The number of fused-ring (bicyclic) bond motifs is 1. The lowest BCUT2D eigenvalue weighted by Crippen LogP contribution is -2.38. The Morgan fingerprint density at radius 1 is 0.889 bits per heavy atom. The summed E-state index contributed by atoms with van der Waals surface area (Å²) >= 11 is 0. The zero-order valence-corrected chi connectivity index (χ0v) is 21.1. The molecule has 0 aromatic heterocycles. The van der Waals surface area contributed by atoms with E-state index in [-0.39, 0.29) is 17.9 Å². The van der Waals surface area contributed by atoms with Crippen LogP contribution in [0.4, 0.5) is 11.4 Å². The third-order valence-electron chi connectivity index (χ3n) is 7.54. The smallest absolute Gasteiger partial charge is 0.255 e. The van der Waals surface area contributed by atoms with Gasteiger partial charge in [-0.15, -0.1) is 0 Å². The Labute approximate surface area is 213 Å². The molecule has 1 aliphatic carbocycles. The van der Waals surface area contributed by atoms with Gasteiger partial charge < -0.3 is 15.5 Å². The van der Waals surface area contributed by atoms with E-state index in [0.29, 0.717) is 16.8 Å². The summed E-state index contributed by atoms with van der Waals surface area (Å²) in [6, 6.07) is 22.1. The molecule has 2 aliphatic rings. The maximum absolute atomic E-state index is 13.5. The summed E-state index contributed by atoms with van der Waals surface area (Å²) in [5, 5.41) is 6.28. The summed E-state index contributed by atoms with van der Waals surface area (Å²) in [4.78, 5) is 28.7. The Morgan fingerprint density at radius 3 is 2.39 bits per heavy atom. The van der Waals surface area contributed by atoms with Crippen molar-refractivity contribution in [1.29, 1.82) is 0 Å². The van der Waals surface area contributed by atoms with Crippen LogP contribution in [0, 0.1) is 0 Å². The van der Waals surface area contributed by atoms with Crippen LogP contribution in [0.5, 0.6) is 0 Å². The quantitative estimate of drug-likeness (QED) is 0.445. The third kappa shape index (κ3) is 5.46. The van der Waals surface area contributed by atoms with Crippen LogP contribution in [0.3, 0.4) is 0 Å². The van der Waals surface area contributed by atoms with Crippen LogP contribution in [-0.4, -0.2) is 24.4 Å². The number of anilines is 2. The molecule has 5 nitrogen and oxygen atoms in total. The first-order valence-electron chi connectivity index (χ1n) is 13.3. The molecule has 0 spiro atoms. The summed E-state index contributed by atoms with van der Waals surface area (Å²) in [6.07, 6.45) is 7.51. The van der Waals surface area contributed by atoms with Gasteiger partial charge in [-0.25, -0.2) is 0 Å². The zero-order chi connectivity index (χ0) is 24.9. The van der Waals surface area contributed by atoms with Crippen LogP contribution < -0.4 is 15.5 Å². The van der Waals surface area contributed by atoms with Crippen LogP contribution in [0.2, 0.25) is 0 Å². The van der Waals surface area contributed by atoms with Crippen LogP contribution in [0.1, 0.15) is 76.4 Å². The predicted molar refractivity (Wildman–Crippen MR) is 146 cm³/mol. The minimum absolute atomic E-state index is 0.0563. The summed E-state index contributed by atoms with van der Waals surface area (Å²) in [5.74, 6) is -0.227. The lowest BCUT2D eigenvalue weighted by Gasteiger charge is -2.32. The number of hydrogen-bond acceptors (Lipinski definition) is 3. The summed E-state index contributed by atoms with van der Waals surface area (Å²) in [6.45, 7) is 3.73. The maximum atomic E-state index is 13.5. The first kappa shape index (κ1) is 24.1. The molecule has 36 heavy (non-hydrogen) atoms. The number of nitrogens with zero attached hydrogens (tertiary/aromatic N) is 1. The third-order valence-corrected chi connectivity index (χ3v) is 7.54. The highest BCUT2D eigenvalue weighted by Gasteiger charge is 2.24. The average Bonchev–Trinajstić information content (AvgIpc) is 2.93. The molecule has 0 bridgehead atoms. The first-order chi connectivity index (χ1) is 17.6. The molecular weight excluding hydrogens is 446 g/mol. The van der Waals surface area contributed by atoms with Crippen molar-refractivity contribution in [3.63, 3.8) is 0 Å². The first-order valence-corrected chi connectivity index (χ1v) is 13.3. The van der Waals surface area contributed by atoms with Gasteiger partial charge >= 0.3 is 0 Å². The van der Waals surface area contributed by atoms with Crippen LogP contribution in [-0.2, 0) is 19.4 Å². The van der Waals surface area contributed by atoms with Gasteiger partial charge in [-0.3, -0.25) is 9.59 Å². The van der Waals surface area contributed by atoms with E-state index in [2.05, 4.69) is 46.7 Å². The molecule has 0 unspecified atom stereocenters. The van der Waals surface area contributed by atoms with Crippen LogP contribution in [0.15, 0.2) is 66.7 Å². The van der Waals surface area contributed by atoms with Crippen molar-refractivity contribution in [1.82, 2.24) is 5.32 Å². The molecule has 1 heterocycles. The van der Waals surface area contributed by atoms with Crippen molar-refractivity contribution >= 4 is 23.2 Å². The van der Waals surface area contributed by atoms with E-state index >= 15 is 0 Å². The second-order valence-corrected chi connectivity index (χ2v) is 9.99. The van der Waals surface area contributed by atoms with Gasteiger partial charge in [0, 0.05) is 36.1 Å². The Kier molecular flexibility index (Phi) is 7.36. The number of aryl methyl sites for hydroxylation is 1. The molecule has 0 radical (unpaired) electrons. The van der Waals surface area contributed by atoms with Crippen molar-refractivity contribution < 1.29 is 9.59 Å². The second kappa shape index (κ2) is 11.0. The van der Waals surface area contributed by atoms with Crippen molar-refractivity contribution in [3.05, 3.63) is 94.5 Å². The fourth-order valence-corrected chi connectivity index (χ4v) is 5.38. The molecule has 1 fully saturated rings. The molecule has 2 amide bonds. The highest BCUT2D eigenvalue weighted by molar-refractivity contribution is 6.06. The van der Waals surface area contributed by atoms with E-state index in [0.717, 1.165) is 57.3 Å². The van der Waals surface area contributed by atoms with Crippen molar-refractivity contribution in [2.75, 3.05) is 16.8 Å². The minimum atomic E-state index is -0.170. The predicted octanol–water partition coefficient (Wildman–Crippen LogP) is 6.13. The van der Waals surface area contributed by atoms with Gasteiger partial charge in [0.05, 0.1) is 5.56 Å². The number of nitrogens with one attached hydrogen (secondary N) is 2. The van der Waals surface area contributed by atoms with Crippen molar-refractivity contribution in [2.45, 2.75) is 64.5 Å². The molecule has 186 valence electrons. The fourth-order valence-electron chi connectivity index (χ4n) is 5.38. The van der Waals surface area contributed by atoms with Gasteiger partial charge in [-0.1, -0.05) is 62.6 Å². The molecule has 3 aromatic rings. The number of benzene rings is 3. The number of carbonyl (C=O) groups is 2. The number of rotatable bonds is 6. The Bertz CT molecular complexity index is 1230. The van der Waals surface area contributed by atoms with Crippen molar-refractivity contribution in [2.24, 2.45) is 0 Å². The Balaban J connectivity index is 1.41. The number of hydrogen-bond donors (Lipinski definition) is 2. The van der Waals surface area contributed by atoms with Gasteiger partial charge in [0.25, 0.3) is 11.8 Å². The zero-order valence-electron chi connectivity index (χ0n) is 21.1. The standard InChI is InChI=1S/C31H35N3O2/c1-2-22-12-14-24(15-13-22)30(35)33-27-16-17-29(34-19-18-23-8-6-7-9-25(23)21-34)28(20-27)31(36)32-26-10-4-3-5-11-26/h6-9,12-17,20,26H,2-5,10-11,18-19,21H2,1H3,(H,32,36)(H,33,35). The summed E-state index contributed by atoms with van der Waals surface area (Å²) in [5.41, 5.74) is 6.66. The normalized spacial score (nSPS) is 15.8. The molecule has 5 rings (SSSR count). The van der Waals surface area contributed by atoms with Gasteiger partial charge in [0.1, 0.15) is 0 Å². The topological polar surface area (TPSA) is 61.4 Å². The molecule has 0 atom stereocenters. The van der Waals surface area contributed by atoms with E-state index in [1.807, 2.05) is 42.5 Å².